The summed E-state index contributed by atoms with van der Waals surface area (Å²) in [7, 11) is 2.05. The number of benzene rings is 2. The molecule has 2 aromatic rings. The van der Waals surface area contributed by atoms with Gasteiger partial charge in [0.1, 0.15) is 0 Å². The number of carbonyl (C=O) groups excluding carboxylic acids is 1. The first-order valence-electron chi connectivity index (χ1n) is 6.07. The van der Waals surface area contributed by atoms with Crippen LogP contribution >= 0.6 is 11.8 Å². The summed E-state index contributed by atoms with van der Waals surface area (Å²) in [6.45, 7) is 1.58. The maximum Gasteiger partial charge on any atom is 0.190 e. The maximum atomic E-state index is 11.2. The van der Waals surface area contributed by atoms with Crippen molar-refractivity contribution in [3.05, 3.63) is 42.5 Å². The smallest absolute Gasteiger partial charge is 0.190 e. The van der Waals surface area contributed by atoms with Crippen molar-refractivity contribution in [1.82, 2.24) is 0 Å². The van der Waals surface area contributed by atoms with Gasteiger partial charge in [-0.3, -0.25) is 4.79 Å². The van der Waals surface area contributed by atoms with Crippen molar-refractivity contribution in [2.45, 2.75) is 11.8 Å². The minimum absolute atomic E-state index is 0.101. The van der Waals surface area contributed by atoms with Gasteiger partial charge in [0.25, 0.3) is 0 Å². The summed E-state index contributed by atoms with van der Waals surface area (Å²) in [6.07, 6.45) is 0. The first-order valence-corrected chi connectivity index (χ1v) is 6.89. The Morgan fingerprint density at radius 1 is 1.11 bits per heavy atom. The van der Waals surface area contributed by atoms with E-state index in [2.05, 4.69) is 29.4 Å². The van der Waals surface area contributed by atoms with E-state index in [4.69, 9.17) is 0 Å². The average Bonchev–Trinajstić information content (AvgIpc) is 2.38. The van der Waals surface area contributed by atoms with E-state index in [1.54, 1.807) is 6.92 Å². The standard InChI is InChI=1S/C15H14N2OS/c1-10(18)19-11-7-8-15-13(9-11)16-12-5-3-4-6-14(12)17(15)2/h3-9,16H,1-2H3. The highest BCUT2D eigenvalue weighted by Crippen LogP contribution is 2.43. The van der Waals surface area contributed by atoms with Gasteiger partial charge in [-0.15, -0.1) is 0 Å². The molecule has 1 N–H and O–H groups in total. The third kappa shape index (κ3) is 2.19. The second kappa shape index (κ2) is 4.63. The number of hydrogen-bond donors (Lipinski definition) is 1. The number of nitrogens with one attached hydrogen (secondary N) is 1. The number of rotatable bonds is 1. The van der Waals surface area contributed by atoms with E-state index in [9.17, 15) is 4.79 Å². The highest BCUT2D eigenvalue weighted by molar-refractivity contribution is 8.13. The summed E-state index contributed by atoms with van der Waals surface area (Å²) in [5.41, 5.74) is 4.39. The van der Waals surface area contributed by atoms with E-state index >= 15 is 0 Å². The lowest BCUT2D eigenvalue weighted by Gasteiger charge is -2.31. The number of para-hydroxylation sites is 2. The molecule has 96 valence electrons. The molecular formula is C15H14N2OS. The zero-order valence-electron chi connectivity index (χ0n) is 10.8. The van der Waals surface area contributed by atoms with Gasteiger partial charge in [-0.2, -0.15) is 0 Å². The van der Waals surface area contributed by atoms with Gasteiger partial charge in [0.05, 0.1) is 22.7 Å². The van der Waals surface area contributed by atoms with Crippen molar-refractivity contribution >= 4 is 39.6 Å². The van der Waals surface area contributed by atoms with E-state index < -0.39 is 0 Å². The van der Waals surface area contributed by atoms with E-state index in [-0.39, 0.29) is 5.12 Å². The van der Waals surface area contributed by atoms with Crippen LogP contribution in [0.1, 0.15) is 6.92 Å². The number of nitrogens with zero attached hydrogens (tertiary/aromatic N) is 1. The molecule has 3 nitrogen and oxygen atoms in total. The zero-order chi connectivity index (χ0) is 13.4. The molecule has 0 saturated carbocycles. The van der Waals surface area contributed by atoms with Gasteiger partial charge in [0.15, 0.2) is 5.12 Å². The van der Waals surface area contributed by atoms with Gasteiger partial charge in [0.2, 0.25) is 0 Å². The summed E-state index contributed by atoms with van der Waals surface area (Å²) in [4.78, 5) is 14.3. The van der Waals surface area contributed by atoms with Crippen LogP contribution in [0.2, 0.25) is 0 Å². The third-order valence-electron chi connectivity index (χ3n) is 3.13. The Bertz CT molecular complexity index is 654. The van der Waals surface area contributed by atoms with Crippen molar-refractivity contribution < 1.29 is 4.79 Å². The predicted molar refractivity (Wildman–Crippen MR) is 80.8 cm³/mol. The number of fused-ring (bicyclic) bond motifs is 2. The fourth-order valence-electron chi connectivity index (χ4n) is 2.28. The van der Waals surface area contributed by atoms with Crippen molar-refractivity contribution in [1.29, 1.82) is 0 Å². The quantitative estimate of drug-likeness (QED) is 0.789. The Kier molecular flexibility index (Phi) is 2.95. The maximum absolute atomic E-state index is 11.2. The fourth-order valence-corrected chi connectivity index (χ4v) is 2.93. The Labute approximate surface area is 116 Å². The van der Waals surface area contributed by atoms with Crippen molar-refractivity contribution in [2.24, 2.45) is 0 Å². The summed E-state index contributed by atoms with van der Waals surface area (Å²) in [6, 6.07) is 14.2. The lowest BCUT2D eigenvalue weighted by Crippen LogP contribution is -2.17. The molecule has 1 aliphatic heterocycles. The van der Waals surface area contributed by atoms with E-state index in [0.29, 0.717) is 0 Å². The molecule has 0 aliphatic carbocycles. The molecule has 1 aliphatic rings. The minimum Gasteiger partial charge on any atom is -0.352 e. The molecule has 0 aromatic heterocycles. The molecule has 1 heterocycles. The van der Waals surface area contributed by atoms with Crippen molar-refractivity contribution in [3.8, 4) is 0 Å². The largest absolute Gasteiger partial charge is 0.352 e. The molecule has 0 amide bonds. The van der Waals surface area contributed by atoms with Gasteiger partial charge in [0, 0.05) is 18.9 Å². The average molecular weight is 270 g/mol. The highest BCUT2D eigenvalue weighted by atomic mass is 32.2. The van der Waals surface area contributed by atoms with Gasteiger partial charge < -0.3 is 10.2 Å². The van der Waals surface area contributed by atoms with Crippen molar-refractivity contribution in [2.75, 3.05) is 17.3 Å². The van der Waals surface area contributed by atoms with Gasteiger partial charge in [-0.05, 0) is 30.3 Å². The number of anilines is 4. The second-order valence-electron chi connectivity index (χ2n) is 4.47. The molecule has 0 radical (unpaired) electrons. The van der Waals surface area contributed by atoms with E-state index in [1.165, 1.54) is 11.8 Å². The third-order valence-corrected chi connectivity index (χ3v) is 3.90. The van der Waals surface area contributed by atoms with E-state index in [0.717, 1.165) is 27.6 Å². The molecule has 0 saturated heterocycles. The molecule has 2 aromatic carbocycles. The molecule has 3 rings (SSSR count). The molecule has 19 heavy (non-hydrogen) atoms. The molecule has 0 fully saturated rings. The van der Waals surface area contributed by atoms with Gasteiger partial charge in [-0.1, -0.05) is 23.9 Å². The van der Waals surface area contributed by atoms with Crippen LogP contribution in [0.15, 0.2) is 47.4 Å². The normalized spacial score (nSPS) is 12.4. The summed E-state index contributed by atoms with van der Waals surface area (Å²) < 4.78 is 0. The topological polar surface area (TPSA) is 32.3 Å². The highest BCUT2D eigenvalue weighted by Gasteiger charge is 2.19. The SMILES string of the molecule is CC(=O)Sc1ccc2c(c1)Nc1ccccc1N2C. The van der Waals surface area contributed by atoms with Crippen LogP contribution in [0.5, 0.6) is 0 Å². The van der Waals surface area contributed by atoms with Crippen LogP contribution in [-0.2, 0) is 4.79 Å². The Morgan fingerprint density at radius 3 is 2.63 bits per heavy atom. The number of carbonyl (C=O) groups is 1. The Morgan fingerprint density at radius 2 is 1.84 bits per heavy atom. The molecule has 0 atom stereocenters. The molecule has 0 spiro atoms. The van der Waals surface area contributed by atoms with Crippen LogP contribution in [0.4, 0.5) is 22.7 Å². The number of thioether (sulfide) groups is 1. The Balaban J connectivity index is 2.03. The number of hydrogen-bond acceptors (Lipinski definition) is 4. The van der Waals surface area contributed by atoms with Crippen LogP contribution in [0, 0.1) is 0 Å². The van der Waals surface area contributed by atoms with Gasteiger partial charge >= 0.3 is 0 Å². The van der Waals surface area contributed by atoms with Crippen LogP contribution in [0.3, 0.4) is 0 Å². The lowest BCUT2D eigenvalue weighted by atomic mass is 10.1. The molecular weight excluding hydrogens is 256 g/mol. The summed E-state index contributed by atoms with van der Waals surface area (Å²) in [5, 5.41) is 3.52. The molecule has 4 heteroatoms. The molecule has 0 bridgehead atoms. The van der Waals surface area contributed by atoms with Crippen LogP contribution in [0.25, 0.3) is 0 Å². The van der Waals surface area contributed by atoms with Crippen LogP contribution in [-0.4, -0.2) is 12.2 Å². The minimum atomic E-state index is 0.101. The zero-order valence-corrected chi connectivity index (χ0v) is 11.6. The van der Waals surface area contributed by atoms with E-state index in [1.807, 2.05) is 30.3 Å². The van der Waals surface area contributed by atoms with Crippen molar-refractivity contribution in [3.63, 3.8) is 0 Å². The first-order chi connectivity index (χ1) is 9.15. The fraction of sp³-hybridized carbons (Fsp3) is 0.133. The monoisotopic (exact) mass is 270 g/mol. The van der Waals surface area contributed by atoms with Gasteiger partial charge in [-0.25, -0.2) is 0 Å². The van der Waals surface area contributed by atoms with Crippen LogP contribution < -0.4 is 10.2 Å². The second-order valence-corrected chi connectivity index (χ2v) is 5.72. The first kappa shape index (κ1) is 12.1. The summed E-state index contributed by atoms with van der Waals surface area (Å²) in [5.74, 6) is 0. The Hall–Kier alpha value is -1.94. The predicted octanol–water partition coefficient (Wildman–Crippen LogP) is 4.15. The molecule has 0 unspecified atom stereocenters. The lowest BCUT2D eigenvalue weighted by molar-refractivity contribution is -0.109. The summed E-state index contributed by atoms with van der Waals surface area (Å²) >= 11 is 1.26.